The zero-order valence-electron chi connectivity index (χ0n) is 12.4. The summed E-state index contributed by atoms with van der Waals surface area (Å²) >= 11 is 1.91. The average molecular weight is 317 g/mol. The van der Waals surface area contributed by atoms with Crippen LogP contribution in [0.15, 0.2) is 18.2 Å². The summed E-state index contributed by atoms with van der Waals surface area (Å²) in [5.41, 5.74) is 8.78. The van der Waals surface area contributed by atoms with Gasteiger partial charge in [-0.05, 0) is 42.3 Å². The highest BCUT2D eigenvalue weighted by atomic mass is 35.5. The Morgan fingerprint density at radius 2 is 2.10 bits per heavy atom. The molecule has 0 bridgehead atoms. The first-order valence-electron chi connectivity index (χ1n) is 6.74. The van der Waals surface area contributed by atoms with Crippen molar-refractivity contribution in [2.75, 3.05) is 11.9 Å². The third-order valence-electron chi connectivity index (χ3n) is 2.90. The van der Waals surface area contributed by atoms with Crippen molar-refractivity contribution in [3.63, 3.8) is 0 Å². The Labute approximate surface area is 132 Å². The van der Waals surface area contributed by atoms with Gasteiger partial charge in [0.1, 0.15) is 0 Å². The van der Waals surface area contributed by atoms with Gasteiger partial charge in [-0.1, -0.05) is 26.0 Å². The van der Waals surface area contributed by atoms with Crippen LogP contribution in [-0.2, 0) is 10.5 Å². The second kappa shape index (κ2) is 10.1. The van der Waals surface area contributed by atoms with E-state index in [0.29, 0.717) is 18.2 Å². The van der Waals surface area contributed by atoms with Gasteiger partial charge in [-0.15, -0.1) is 12.4 Å². The van der Waals surface area contributed by atoms with E-state index in [1.54, 1.807) is 0 Å². The van der Waals surface area contributed by atoms with Gasteiger partial charge in [-0.3, -0.25) is 4.79 Å². The maximum Gasteiger partial charge on any atom is 0.224 e. The van der Waals surface area contributed by atoms with E-state index in [0.717, 1.165) is 23.4 Å². The Morgan fingerprint density at radius 1 is 1.40 bits per heavy atom. The molecule has 0 aromatic heterocycles. The van der Waals surface area contributed by atoms with Crippen molar-refractivity contribution in [2.45, 2.75) is 44.6 Å². The molecule has 20 heavy (non-hydrogen) atoms. The van der Waals surface area contributed by atoms with Crippen LogP contribution in [0.25, 0.3) is 0 Å². The summed E-state index contributed by atoms with van der Waals surface area (Å²) in [4.78, 5) is 11.7. The summed E-state index contributed by atoms with van der Waals surface area (Å²) in [7, 11) is 0. The van der Waals surface area contributed by atoms with E-state index in [1.807, 2.05) is 23.9 Å². The minimum Gasteiger partial charge on any atom is -0.330 e. The highest BCUT2D eigenvalue weighted by molar-refractivity contribution is 7.99. The minimum absolute atomic E-state index is 0. The normalized spacial score (nSPS) is 10.2. The van der Waals surface area contributed by atoms with Gasteiger partial charge in [0.2, 0.25) is 5.91 Å². The molecule has 0 heterocycles. The Kier molecular flexibility index (Phi) is 9.72. The second-order valence-corrected chi connectivity index (χ2v) is 6.45. The maximum absolute atomic E-state index is 11.7. The van der Waals surface area contributed by atoms with E-state index < -0.39 is 0 Å². The second-order valence-electron chi connectivity index (χ2n) is 4.89. The number of thioether (sulfide) groups is 1. The summed E-state index contributed by atoms with van der Waals surface area (Å²) in [5.74, 6) is 1.03. The minimum atomic E-state index is 0. The number of halogens is 1. The first-order valence-corrected chi connectivity index (χ1v) is 7.79. The molecule has 0 aliphatic heterocycles. The molecule has 0 aliphatic carbocycles. The highest BCUT2D eigenvalue weighted by Crippen LogP contribution is 2.24. The van der Waals surface area contributed by atoms with Gasteiger partial charge in [0, 0.05) is 17.9 Å². The van der Waals surface area contributed by atoms with Crippen LogP contribution >= 0.6 is 24.2 Å². The number of carbonyl (C=O) groups is 1. The van der Waals surface area contributed by atoms with Crippen molar-refractivity contribution in [3.05, 3.63) is 29.3 Å². The molecular formula is C15H25ClN2OS. The number of amides is 1. The fourth-order valence-electron chi connectivity index (χ4n) is 1.71. The van der Waals surface area contributed by atoms with E-state index in [1.165, 1.54) is 5.56 Å². The third-order valence-corrected chi connectivity index (χ3v) is 4.04. The van der Waals surface area contributed by atoms with E-state index in [9.17, 15) is 4.79 Å². The molecule has 0 saturated heterocycles. The van der Waals surface area contributed by atoms with E-state index in [4.69, 9.17) is 5.73 Å². The zero-order valence-corrected chi connectivity index (χ0v) is 14.1. The Hall–Kier alpha value is -0.710. The van der Waals surface area contributed by atoms with Gasteiger partial charge >= 0.3 is 0 Å². The summed E-state index contributed by atoms with van der Waals surface area (Å²) in [6.07, 6.45) is 1.22. The third kappa shape index (κ3) is 6.64. The number of benzene rings is 1. The first-order chi connectivity index (χ1) is 9.04. The average Bonchev–Trinajstić information content (AvgIpc) is 2.37. The molecule has 3 N–H and O–H groups in total. The number of anilines is 1. The van der Waals surface area contributed by atoms with Gasteiger partial charge in [0.15, 0.2) is 0 Å². The van der Waals surface area contributed by atoms with Gasteiger partial charge < -0.3 is 11.1 Å². The van der Waals surface area contributed by atoms with Crippen molar-refractivity contribution in [3.8, 4) is 0 Å². The molecule has 0 aliphatic rings. The predicted molar refractivity (Wildman–Crippen MR) is 91.8 cm³/mol. The van der Waals surface area contributed by atoms with Crippen LogP contribution in [0.5, 0.6) is 0 Å². The number of nitrogens with one attached hydrogen (secondary N) is 1. The molecule has 0 unspecified atom stereocenters. The number of hydrogen-bond acceptors (Lipinski definition) is 3. The molecule has 3 nitrogen and oxygen atoms in total. The standard InChI is InChI=1S/C15H24N2OS.ClH/c1-11(2)19-10-13-6-4-7-14(12(13)3)17-15(18)8-5-9-16;/h4,6-7,11H,5,8-10,16H2,1-3H3,(H,17,18);1H. The monoisotopic (exact) mass is 316 g/mol. The number of rotatable bonds is 7. The molecule has 1 amide bonds. The van der Waals surface area contributed by atoms with Crippen LogP contribution in [0.1, 0.15) is 37.8 Å². The lowest BCUT2D eigenvalue weighted by molar-refractivity contribution is -0.116. The molecule has 0 radical (unpaired) electrons. The van der Waals surface area contributed by atoms with Gasteiger partial charge in [0.25, 0.3) is 0 Å². The zero-order chi connectivity index (χ0) is 14.3. The van der Waals surface area contributed by atoms with Crippen LogP contribution in [0, 0.1) is 6.92 Å². The molecule has 114 valence electrons. The SMILES string of the molecule is Cc1c(CSC(C)C)cccc1NC(=O)CCCN.Cl. The Bertz CT molecular complexity index is 424. The largest absolute Gasteiger partial charge is 0.330 e. The van der Waals surface area contributed by atoms with Crippen LogP contribution in [0.2, 0.25) is 0 Å². The first kappa shape index (κ1) is 19.3. The van der Waals surface area contributed by atoms with Crippen molar-refractivity contribution >= 4 is 35.8 Å². The molecule has 5 heteroatoms. The van der Waals surface area contributed by atoms with Crippen LogP contribution in [-0.4, -0.2) is 17.7 Å². The molecule has 0 fully saturated rings. The number of nitrogens with two attached hydrogens (primary N) is 1. The van der Waals surface area contributed by atoms with Crippen molar-refractivity contribution in [1.29, 1.82) is 0 Å². The van der Waals surface area contributed by atoms with Gasteiger partial charge in [-0.2, -0.15) is 11.8 Å². The molecule has 1 aromatic carbocycles. The fraction of sp³-hybridized carbons (Fsp3) is 0.533. The number of carbonyl (C=O) groups excluding carboxylic acids is 1. The predicted octanol–water partition coefficient (Wildman–Crippen LogP) is 3.74. The maximum atomic E-state index is 11.7. The van der Waals surface area contributed by atoms with Gasteiger partial charge in [0.05, 0.1) is 0 Å². The molecular weight excluding hydrogens is 292 g/mol. The van der Waals surface area contributed by atoms with Crippen LogP contribution in [0.4, 0.5) is 5.69 Å². The quantitative estimate of drug-likeness (QED) is 0.805. The highest BCUT2D eigenvalue weighted by Gasteiger charge is 2.08. The summed E-state index contributed by atoms with van der Waals surface area (Å²) in [6.45, 7) is 7.00. The summed E-state index contributed by atoms with van der Waals surface area (Å²) < 4.78 is 0. The molecule has 1 aromatic rings. The van der Waals surface area contributed by atoms with Crippen molar-refractivity contribution in [2.24, 2.45) is 5.73 Å². The molecule has 0 spiro atoms. The lowest BCUT2D eigenvalue weighted by Gasteiger charge is -2.13. The Balaban J connectivity index is 0.00000361. The molecule has 1 rings (SSSR count). The smallest absolute Gasteiger partial charge is 0.224 e. The molecule has 0 atom stereocenters. The van der Waals surface area contributed by atoms with E-state index >= 15 is 0 Å². The summed E-state index contributed by atoms with van der Waals surface area (Å²) in [6, 6.07) is 6.08. The number of hydrogen-bond donors (Lipinski definition) is 2. The fourth-order valence-corrected chi connectivity index (χ4v) is 2.53. The lowest BCUT2D eigenvalue weighted by Crippen LogP contribution is -2.14. The van der Waals surface area contributed by atoms with Crippen molar-refractivity contribution < 1.29 is 4.79 Å². The van der Waals surface area contributed by atoms with Crippen LogP contribution < -0.4 is 11.1 Å². The van der Waals surface area contributed by atoms with E-state index in [-0.39, 0.29) is 18.3 Å². The van der Waals surface area contributed by atoms with Crippen molar-refractivity contribution in [1.82, 2.24) is 0 Å². The van der Waals surface area contributed by atoms with Gasteiger partial charge in [-0.25, -0.2) is 0 Å². The van der Waals surface area contributed by atoms with Crippen LogP contribution in [0.3, 0.4) is 0 Å². The lowest BCUT2D eigenvalue weighted by atomic mass is 10.1. The Morgan fingerprint density at radius 3 is 2.70 bits per heavy atom. The molecule has 0 saturated carbocycles. The van der Waals surface area contributed by atoms with E-state index in [2.05, 4.69) is 32.2 Å². The summed E-state index contributed by atoms with van der Waals surface area (Å²) in [5, 5.41) is 3.58. The topological polar surface area (TPSA) is 55.1 Å².